The molecular formula is HFNdO3S+3. The molecule has 0 atom stereocenters. The fourth-order valence-corrected chi connectivity index (χ4v) is 0. The molecule has 0 spiro atoms. The van der Waals surface area contributed by atoms with Crippen molar-refractivity contribution in [2.45, 2.75) is 0 Å². The van der Waals surface area contributed by atoms with E-state index in [1.807, 2.05) is 0 Å². The molecule has 0 saturated carbocycles. The van der Waals surface area contributed by atoms with Crippen molar-refractivity contribution in [3.8, 4) is 0 Å². The summed E-state index contributed by atoms with van der Waals surface area (Å²) < 4.78 is 34.1. The molecule has 3 nitrogen and oxygen atoms in total. The van der Waals surface area contributed by atoms with E-state index in [4.69, 9.17) is 13.0 Å². The summed E-state index contributed by atoms with van der Waals surface area (Å²) in [6.45, 7) is 0. The predicted octanol–water partition coefficient (Wildman–Crippen LogP) is -0.241. The van der Waals surface area contributed by atoms with Gasteiger partial charge in [0.15, 0.2) is 0 Å². The Morgan fingerprint density at radius 3 is 1.50 bits per heavy atom. The third kappa shape index (κ3) is 64.3. The minimum atomic E-state index is -5.17. The van der Waals surface area contributed by atoms with Crippen LogP contribution in [0.4, 0.5) is 3.89 Å². The van der Waals surface area contributed by atoms with Crippen LogP contribution in [0.15, 0.2) is 0 Å². The first-order valence-electron chi connectivity index (χ1n) is 0.670. The monoisotopic (exact) mass is 242 g/mol. The fraction of sp³-hybridized carbons (Fsp3) is 0. The van der Waals surface area contributed by atoms with Crippen LogP contribution < -0.4 is 0 Å². The molecule has 0 aliphatic carbocycles. The van der Waals surface area contributed by atoms with Crippen molar-refractivity contribution >= 4 is 10.5 Å². The largest absolute Gasteiger partial charge is 3.00 e. The van der Waals surface area contributed by atoms with Gasteiger partial charge in [-0.15, -0.1) is 0 Å². The Hall–Kier alpha value is 1.19. The number of hydrogen-bond acceptors (Lipinski definition) is 2. The van der Waals surface area contributed by atoms with E-state index in [1.54, 1.807) is 0 Å². The van der Waals surface area contributed by atoms with Crippen LogP contribution in [0.3, 0.4) is 0 Å². The van der Waals surface area contributed by atoms with Crippen LogP contribution in [0, 0.1) is 40.8 Å². The van der Waals surface area contributed by atoms with Crippen LogP contribution in [0.2, 0.25) is 0 Å². The van der Waals surface area contributed by atoms with Crippen molar-refractivity contribution in [2.75, 3.05) is 0 Å². The van der Waals surface area contributed by atoms with Gasteiger partial charge in [0.2, 0.25) is 0 Å². The molecule has 6 heavy (non-hydrogen) atoms. The minimum absolute atomic E-state index is 0. The third-order valence-electron chi connectivity index (χ3n) is 0. The van der Waals surface area contributed by atoms with Crippen LogP contribution in [0.1, 0.15) is 0 Å². The second-order valence-electron chi connectivity index (χ2n) is 0.412. The van der Waals surface area contributed by atoms with E-state index >= 15 is 0 Å². The van der Waals surface area contributed by atoms with Gasteiger partial charge in [-0.25, -0.2) is 0 Å². The molecule has 0 unspecified atom stereocenters. The molecule has 6 heteroatoms. The summed E-state index contributed by atoms with van der Waals surface area (Å²) in [4.78, 5) is 0. The molecular weight excluding hydrogens is 243 g/mol. The molecule has 0 aliphatic rings. The molecule has 1 N–H and O–H groups in total. The van der Waals surface area contributed by atoms with Crippen LogP contribution in [0.5, 0.6) is 0 Å². The summed E-state index contributed by atoms with van der Waals surface area (Å²) in [5.41, 5.74) is 0. The van der Waals surface area contributed by atoms with E-state index in [1.165, 1.54) is 0 Å². The minimum Gasteiger partial charge on any atom is -0.260 e. The number of hydrogen-bond donors (Lipinski definition) is 1. The summed E-state index contributed by atoms with van der Waals surface area (Å²) in [6.07, 6.45) is 0. The van der Waals surface area contributed by atoms with Gasteiger partial charge in [0.05, 0.1) is 0 Å². The maximum Gasteiger partial charge on any atom is 3.00 e. The van der Waals surface area contributed by atoms with Crippen molar-refractivity contribution in [3.63, 3.8) is 0 Å². The zero-order chi connectivity index (χ0) is 4.50. The summed E-state index contributed by atoms with van der Waals surface area (Å²) in [5.74, 6) is 0. The molecule has 0 heterocycles. The van der Waals surface area contributed by atoms with Gasteiger partial charge in [0.25, 0.3) is 0 Å². The summed E-state index contributed by atoms with van der Waals surface area (Å²) in [6, 6.07) is 0. The Morgan fingerprint density at radius 1 is 1.50 bits per heavy atom. The van der Waals surface area contributed by atoms with E-state index in [-0.39, 0.29) is 40.8 Å². The van der Waals surface area contributed by atoms with Gasteiger partial charge in [0.1, 0.15) is 0 Å². The number of rotatable bonds is 0. The summed E-state index contributed by atoms with van der Waals surface area (Å²) in [5, 5.41) is 0. The second kappa shape index (κ2) is 3.23. The van der Waals surface area contributed by atoms with Crippen molar-refractivity contribution < 1.29 is 57.7 Å². The maximum atomic E-state index is 10.2. The molecule has 0 aromatic heterocycles. The van der Waals surface area contributed by atoms with Crippen LogP contribution in [-0.4, -0.2) is 13.0 Å². The fourth-order valence-electron chi connectivity index (χ4n) is 0. The van der Waals surface area contributed by atoms with E-state index < -0.39 is 10.5 Å². The molecule has 0 aromatic rings. The molecule has 0 aliphatic heterocycles. The van der Waals surface area contributed by atoms with Crippen molar-refractivity contribution in [1.29, 1.82) is 0 Å². The van der Waals surface area contributed by atoms with Crippen LogP contribution in [-0.2, 0) is 10.5 Å². The van der Waals surface area contributed by atoms with Gasteiger partial charge in [-0.05, 0) is 0 Å². The normalized spacial score (nSPS) is 9.67. The smallest absolute Gasteiger partial charge is 0.260 e. The summed E-state index contributed by atoms with van der Waals surface area (Å²) >= 11 is 0. The van der Waals surface area contributed by atoms with Crippen molar-refractivity contribution in [1.82, 2.24) is 0 Å². The maximum absolute atomic E-state index is 10.2. The molecule has 0 amide bonds. The molecule has 1 radical (unpaired) electrons. The van der Waals surface area contributed by atoms with Crippen LogP contribution in [0.25, 0.3) is 0 Å². The Kier molecular flexibility index (Phi) is 5.50. The van der Waals surface area contributed by atoms with Crippen molar-refractivity contribution in [3.05, 3.63) is 0 Å². The standard InChI is InChI=1S/FHO3S.Nd/c1-5(2,3)4;/h(H,2,3,4);/q;+3. The first-order valence-corrected chi connectivity index (χ1v) is 2.01. The number of halogens is 1. The first kappa shape index (κ1) is 10.2. The van der Waals surface area contributed by atoms with E-state index in [0.717, 1.165) is 0 Å². The molecule has 33 valence electrons. The Morgan fingerprint density at radius 2 is 1.50 bits per heavy atom. The summed E-state index contributed by atoms with van der Waals surface area (Å²) in [7, 11) is -5.17. The van der Waals surface area contributed by atoms with Gasteiger partial charge in [-0.1, -0.05) is 3.89 Å². The Balaban J connectivity index is 0. The average molecular weight is 244 g/mol. The second-order valence-corrected chi connectivity index (χ2v) is 1.24. The van der Waals surface area contributed by atoms with Gasteiger partial charge < -0.3 is 0 Å². The molecule has 0 bridgehead atoms. The van der Waals surface area contributed by atoms with Crippen molar-refractivity contribution in [2.24, 2.45) is 0 Å². The molecule has 0 fully saturated rings. The Bertz CT molecular complexity index is 94.0. The third-order valence-corrected chi connectivity index (χ3v) is 0. The quantitative estimate of drug-likeness (QED) is 0.472. The predicted molar refractivity (Wildman–Crippen MR) is 12.7 cm³/mol. The van der Waals surface area contributed by atoms with Crippen LogP contribution >= 0.6 is 0 Å². The molecule has 0 saturated heterocycles. The SMILES string of the molecule is O=S(=O)(O)F.[Nd+3]. The van der Waals surface area contributed by atoms with Gasteiger partial charge in [0, 0.05) is 0 Å². The van der Waals surface area contributed by atoms with E-state index in [9.17, 15) is 3.89 Å². The molecule has 0 rings (SSSR count). The average Bonchev–Trinajstić information content (AvgIpc) is 0.722. The zero-order valence-electron chi connectivity index (χ0n) is 2.55. The Labute approximate surface area is 67.5 Å². The van der Waals surface area contributed by atoms with Gasteiger partial charge in [-0.2, -0.15) is 8.42 Å². The topological polar surface area (TPSA) is 54.4 Å². The van der Waals surface area contributed by atoms with E-state index in [0.29, 0.717) is 0 Å². The van der Waals surface area contributed by atoms with E-state index in [2.05, 4.69) is 0 Å². The van der Waals surface area contributed by atoms with Gasteiger partial charge in [-0.3, -0.25) is 4.55 Å². The van der Waals surface area contributed by atoms with Gasteiger partial charge >= 0.3 is 51.3 Å². The molecule has 0 aromatic carbocycles. The first-order chi connectivity index (χ1) is 2.00. The zero-order valence-corrected chi connectivity index (χ0v) is 6.57.